The van der Waals surface area contributed by atoms with Crippen LogP contribution in [0.5, 0.6) is 0 Å². The molecule has 0 bridgehead atoms. The summed E-state index contributed by atoms with van der Waals surface area (Å²) in [4.78, 5) is 12.0. The molecule has 1 aromatic carbocycles. The Labute approximate surface area is 130 Å². The SMILES string of the molecule is CCCCCCCCCCC(=O)c1cc(F)ccc1Br. The first-order valence-electron chi connectivity index (χ1n) is 7.63. The number of hydrogen-bond donors (Lipinski definition) is 0. The molecule has 0 amide bonds. The van der Waals surface area contributed by atoms with Crippen molar-refractivity contribution in [2.45, 2.75) is 64.7 Å². The summed E-state index contributed by atoms with van der Waals surface area (Å²) in [5.74, 6) is -0.324. The number of unbranched alkanes of at least 4 members (excludes halogenated alkanes) is 7. The van der Waals surface area contributed by atoms with E-state index in [-0.39, 0.29) is 11.6 Å². The molecular formula is C17H24BrFO. The molecule has 0 spiro atoms. The Kier molecular flexibility index (Phi) is 8.75. The predicted octanol–water partition coefficient (Wildman–Crippen LogP) is 6.30. The molecule has 0 aliphatic carbocycles. The maximum atomic E-state index is 13.1. The van der Waals surface area contributed by atoms with E-state index in [2.05, 4.69) is 22.9 Å². The van der Waals surface area contributed by atoms with Gasteiger partial charge in [-0.25, -0.2) is 4.39 Å². The van der Waals surface area contributed by atoms with Crippen LogP contribution in [0.4, 0.5) is 4.39 Å². The summed E-state index contributed by atoms with van der Waals surface area (Å²) in [7, 11) is 0. The molecule has 1 rings (SSSR count). The van der Waals surface area contributed by atoms with Gasteiger partial charge in [-0.2, -0.15) is 0 Å². The standard InChI is InChI=1S/C17H24BrFO/c1-2-3-4-5-6-7-8-9-10-17(20)15-13-14(19)11-12-16(15)18/h11-13H,2-10H2,1H3. The van der Waals surface area contributed by atoms with Crippen LogP contribution >= 0.6 is 15.9 Å². The van der Waals surface area contributed by atoms with Gasteiger partial charge in [0.25, 0.3) is 0 Å². The van der Waals surface area contributed by atoms with Crippen LogP contribution in [0.3, 0.4) is 0 Å². The average molecular weight is 343 g/mol. The summed E-state index contributed by atoms with van der Waals surface area (Å²) in [6.45, 7) is 2.22. The van der Waals surface area contributed by atoms with E-state index in [1.165, 1.54) is 50.7 Å². The van der Waals surface area contributed by atoms with Crippen molar-refractivity contribution in [2.75, 3.05) is 0 Å². The van der Waals surface area contributed by atoms with Crippen LogP contribution in [-0.2, 0) is 0 Å². The van der Waals surface area contributed by atoms with Gasteiger partial charge in [0.05, 0.1) is 0 Å². The number of rotatable bonds is 10. The number of Topliss-reactive ketones (excluding diaryl/α,β-unsaturated/α-hetero) is 1. The third-order valence-electron chi connectivity index (χ3n) is 3.49. The van der Waals surface area contributed by atoms with Crippen molar-refractivity contribution >= 4 is 21.7 Å². The molecular weight excluding hydrogens is 319 g/mol. The van der Waals surface area contributed by atoms with E-state index < -0.39 is 0 Å². The van der Waals surface area contributed by atoms with E-state index in [1.807, 2.05) is 0 Å². The predicted molar refractivity (Wildman–Crippen MR) is 85.7 cm³/mol. The number of ketones is 1. The fraction of sp³-hybridized carbons (Fsp3) is 0.588. The molecule has 1 aromatic rings. The highest BCUT2D eigenvalue weighted by Gasteiger charge is 2.10. The van der Waals surface area contributed by atoms with Gasteiger partial charge in [-0.05, 0) is 24.6 Å². The van der Waals surface area contributed by atoms with Gasteiger partial charge in [0, 0.05) is 16.5 Å². The number of carbonyl (C=O) groups is 1. The molecule has 0 heterocycles. The lowest BCUT2D eigenvalue weighted by molar-refractivity contribution is 0.0978. The molecule has 3 heteroatoms. The van der Waals surface area contributed by atoms with Gasteiger partial charge < -0.3 is 0 Å². The summed E-state index contributed by atoms with van der Waals surface area (Å²) in [6, 6.07) is 4.27. The lowest BCUT2D eigenvalue weighted by Gasteiger charge is -2.04. The highest BCUT2D eigenvalue weighted by molar-refractivity contribution is 9.10. The van der Waals surface area contributed by atoms with Crippen LogP contribution in [0.25, 0.3) is 0 Å². The molecule has 0 saturated carbocycles. The second-order valence-electron chi connectivity index (χ2n) is 5.27. The smallest absolute Gasteiger partial charge is 0.164 e. The minimum absolute atomic E-state index is 0.0300. The Morgan fingerprint density at radius 1 is 1.05 bits per heavy atom. The molecule has 0 radical (unpaired) electrons. The molecule has 0 saturated heterocycles. The zero-order valence-corrected chi connectivity index (χ0v) is 13.8. The van der Waals surface area contributed by atoms with Gasteiger partial charge in [-0.3, -0.25) is 4.79 Å². The van der Waals surface area contributed by atoms with Gasteiger partial charge in [0.15, 0.2) is 5.78 Å². The van der Waals surface area contributed by atoms with E-state index in [9.17, 15) is 9.18 Å². The molecule has 0 aliphatic heterocycles. The van der Waals surface area contributed by atoms with Crippen molar-refractivity contribution in [2.24, 2.45) is 0 Å². The van der Waals surface area contributed by atoms with Gasteiger partial charge in [0.1, 0.15) is 5.82 Å². The summed E-state index contributed by atoms with van der Waals surface area (Å²) < 4.78 is 13.8. The zero-order valence-electron chi connectivity index (χ0n) is 12.3. The second-order valence-corrected chi connectivity index (χ2v) is 6.13. The van der Waals surface area contributed by atoms with Gasteiger partial charge >= 0.3 is 0 Å². The Morgan fingerprint density at radius 2 is 1.65 bits per heavy atom. The Bertz CT molecular complexity index is 417. The van der Waals surface area contributed by atoms with E-state index in [0.717, 1.165) is 12.8 Å². The first-order valence-corrected chi connectivity index (χ1v) is 8.42. The quantitative estimate of drug-likeness (QED) is 0.360. The molecule has 20 heavy (non-hydrogen) atoms. The van der Waals surface area contributed by atoms with Crippen LogP contribution in [0, 0.1) is 5.82 Å². The summed E-state index contributed by atoms with van der Waals surface area (Å²) in [5, 5.41) is 0. The topological polar surface area (TPSA) is 17.1 Å². The van der Waals surface area contributed by atoms with Crippen LogP contribution in [0.15, 0.2) is 22.7 Å². The third-order valence-corrected chi connectivity index (χ3v) is 4.18. The summed E-state index contributed by atoms with van der Waals surface area (Å²) >= 11 is 3.30. The van der Waals surface area contributed by atoms with E-state index in [4.69, 9.17) is 0 Å². The molecule has 0 N–H and O–H groups in total. The maximum Gasteiger partial charge on any atom is 0.164 e. The van der Waals surface area contributed by atoms with Crippen molar-refractivity contribution in [1.29, 1.82) is 0 Å². The van der Waals surface area contributed by atoms with E-state index in [1.54, 1.807) is 6.07 Å². The lowest BCUT2D eigenvalue weighted by atomic mass is 10.0. The van der Waals surface area contributed by atoms with Crippen LogP contribution in [0.1, 0.15) is 75.1 Å². The van der Waals surface area contributed by atoms with Gasteiger partial charge in [-0.15, -0.1) is 0 Å². The van der Waals surface area contributed by atoms with Crippen LogP contribution in [0.2, 0.25) is 0 Å². The minimum atomic E-state index is -0.354. The summed E-state index contributed by atoms with van der Waals surface area (Å²) in [5.41, 5.74) is 0.466. The lowest BCUT2D eigenvalue weighted by Crippen LogP contribution is -2.01. The van der Waals surface area contributed by atoms with Crippen molar-refractivity contribution in [3.8, 4) is 0 Å². The van der Waals surface area contributed by atoms with Crippen molar-refractivity contribution in [3.05, 3.63) is 34.1 Å². The number of halogens is 2. The van der Waals surface area contributed by atoms with Gasteiger partial charge in [0.2, 0.25) is 0 Å². The van der Waals surface area contributed by atoms with Crippen LogP contribution in [-0.4, -0.2) is 5.78 Å². The van der Waals surface area contributed by atoms with E-state index in [0.29, 0.717) is 16.5 Å². The van der Waals surface area contributed by atoms with Crippen molar-refractivity contribution in [3.63, 3.8) is 0 Å². The number of hydrogen-bond acceptors (Lipinski definition) is 1. The maximum absolute atomic E-state index is 13.1. The molecule has 1 nitrogen and oxygen atoms in total. The molecule has 0 aromatic heterocycles. The molecule has 0 fully saturated rings. The fourth-order valence-electron chi connectivity index (χ4n) is 2.27. The molecule has 0 unspecified atom stereocenters. The molecule has 0 atom stereocenters. The minimum Gasteiger partial charge on any atom is -0.294 e. The summed E-state index contributed by atoms with van der Waals surface area (Å²) in [6.07, 6.45) is 10.2. The first kappa shape index (κ1) is 17.4. The normalized spacial score (nSPS) is 10.8. The van der Waals surface area contributed by atoms with Crippen molar-refractivity contribution in [1.82, 2.24) is 0 Å². The average Bonchev–Trinajstić information content (AvgIpc) is 2.44. The zero-order chi connectivity index (χ0) is 14.8. The fourth-order valence-corrected chi connectivity index (χ4v) is 2.73. The Hall–Kier alpha value is -0.700. The van der Waals surface area contributed by atoms with Gasteiger partial charge in [-0.1, -0.05) is 67.8 Å². The highest BCUT2D eigenvalue weighted by atomic mass is 79.9. The third kappa shape index (κ3) is 6.65. The second kappa shape index (κ2) is 10.1. The first-order chi connectivity index (χ1) is 9.65. The molecule has 0 aliphatic rings. The largest absolute Gasteiger partial charge is 0.294 e. The Balaban J connectivity index is 2.18. The van der Waals surface area contributed by atoms with E-state index >= 15 is 0 Å². The van der Waals surface area contributed by atoms with Crippen molar-refractivity contribution < 1.29 is 9.18 Å². The highest BCUT2D eigenvalue weighted by Crippen LogP contribution is 2.20. The monoisotopic (exact) mass is 342 g/mol. The number of carbonyl (C=O) groups excluding carboxylic acids is 1. The number of benzene rings is 1. The Morgan fingerprint density at radius 3 is 2.30 bits per heavy atom. The molecule has 112 valence electrons. The van der Waals surface area contributed by atoms with Crippen LogP contribution < -0.4 is 0 Å².